The SMILES string of the molecule is CC#CCCC(O)CC(C)COC. The minimum atomic E-state index is -0.231. The third-order valence-corrected chi connectivity index (χ3v) is 1.90. The average Bonchev–Trinajstić information content (AvgIpc) is 2.05. The molecule has 0 amide bonds. The van der Waals surface area contributed by atoms with Gasteiger partial charge in [0.05, 0.1) is 6.10 Å². The van der Waals surface area contributed by atoms with Gasteiger partial charge >= 0.3 is 0 Å². The summed E-state index contributed by atoms with van der Waals surface area (Å²) in [6.07, 6.45) is 2.14. The highest BCUT2D eigenvalue weighted by atomic mass is 16.5. The molecule has 0 aliphatic rings. The van der Waals surface area contributed by atoms with E-state index in [1.807, 2.05) is 6.92 Å². The van der Waals surface area contributed by atoms with Crippen LogP contribution in [0.15, 0.2) is 0 Å². The van der Waals surface area contributed by atoms with Crippen LogP contribution in [-0.2, 0) is 4.74 Å². The molecule has 0 saturated carbocycles. The average molecular weight is 184 g/mol. The van der Waals surface area contributed by atoms with Gasteiger partial charge in [-0.15, -0.1) is 11.8 Å². The number of aliphatic hydroxyl groups is 1. The van der Waals surface area contributed by atoms with Gasteiger partial charge in [-0.3, -0.25) is 0 Å². The Bertz CT molecular complexity index is 167. The van der Waals surface area contributed by atoms with Gasteiger partial charge in [0.25, 0.3) is 0 Å². The molecule has 2 atom stereocenters. The molecule has 0 saturated heterocycles. The fourth-order valence-electron chi connectivity index (χ4n) is 1.30. The van der Waals surface area contributed by atoms with Gasteiger partial charge in [-0.1, -0.05) is 6.92 Å². The van der Waals surface area contributed by atoms with Gasteiger partial charge in [-0.25, -0.2) is 0 Å². The van der Waals surface area contributed by atoms with Crippen molar-refractivity contribution in [2.24, 2.45) is 5.92 Å². The zero-order valence-corrected chi connectivity index (χ0v) is 8.84. The maximum atomic E-state index is 9.55. The summed E-state index contributed by atoms with van der Waals surface area (Å²) in [4.78, 5) is 0. The molecule has 0 aliphatic carbocycles. The summed E-state index contributed by atoms with van der Waals surface area (Å²) in [7, 11) is 1.69. The molecule has 0 aliphatic heterocycles. The van der Waals surface area contributed by atoms with E-state index in [0.29, 0.717) is 5.92 Å². The summed E-state index contributed by atoms with van der Waals surface area (Å²) in [6, 6.07) is 0. The Kier molecular flexibility index (Phi) is 7.77. The van der Waals surface area contributed by atoms with E-state index in [9.17, 15) is 5.11 Å². The molecular formula is C11H20O2. The molecule has 13 heavy (non-hydrogen) atoms. The Labute approximate surface area is 81.3 Å². The summed E-state index contributed by atoms with van der Waals surface area (Å²) in [5.41, 5.74) is 0. The van der Waals surface area contributed by atoms with Gasteiger partial charge in [-0.2, -0.15) is 0 Å². The van der Waals surface area contributed by atoms with Crippen LogP contribution in [0.5, 0.6) is 0 Å². The van der Waals surface area contributed by atoms with Crippen LogP contribution in [0.2, 0.25) is 0 Å². The van der Waals surface area contributed by atoms with Crippen molar-refractivity contribution < 1.29 is 9.84 Å². The first-order valence-corrected chi connectivity index (χ1v) is 4.77. The number of hydrogen-bond acceptors (Lipinski definition) is 2. The van der Waals surface area contributed by atoms with Crippen molar-refractivity contribution in [2.45, 2.75) is 39.2 Å². The smallest absolute Gasteiger partial charge is 0.0552 e. The molecule has 0 rings (SSSR count). The van der Waals surface area contributed by atoms with Crippen LogP contribution in [0.3, 0.4) is 0 Å². The lowest BCUT2D eigenvalue weighted by Gasteiger charge is -2.14. The molecule has 0 radical (unpaired) electrons. The Balaban J connectivity index is 3.46. The molecule has 76 valence electrons. The number of rotatable bonds is 6. The van der Waals surface area contributed by atoms with Crippen molar-refractivity contribution in [1.82, 2.24) is 0 Å². The molecular weight excluding hydrogens is 164 g/mol. The Morgan fingerprint density at radius 2 is 2.15 bits per heavy atom. The number of hydrogen-bond donors (Lipinski definition) is 1. The quantitative estimate of drug-likeness (QED) is 0.638. The second-order valence-electron chi connectivity index (χ2n) is 3.42. The molecule has 0 aromatic rings. The Hall–Kier alpha value is -0.520. The fourth-order valence-corrected chi connectivity index (χ4v) is 1.30. The van der Waals surface area contributed by atoms with Crippen LogP contribution < -0.4 is 0 Å². The van der Waals surface area contributed by atoms with E-state index in [-0.39, 0.29) is 6.10 Å². The van der Waals surface area contributed by atoms with Gasteiger partial charge < -0.3 is 9.84 Å². The molecule has 0 heterocycles. The second kappa shape index (κ2) is 8.10. The maximum Gasteiger partial charge on any atom is 0.0552 e. The summed E-state index contributed by atoms with van der Waals surface area (Å²) < 4.78 is 4.99. The summed E-state index contributed by atoms with van der Waals surface area (Å²) in [6.45, 7) is 4.62. The number of ether oxygens (including phenoxy) is 1. The summed E-state index contributed by atoms with van der Waals surface area (Å²) in [5.74, 6) is 6.18. The van der Waals surface area contributed by atoms with Crippen molar-refractivity contribution in [1.29, 1.82) is 0 Å². The highest BCUT2D eigenvalue weighted by Gasteiger charge is 2.08. The van der Waals surface area contributed by atoms with Crippen LogP contribution in [0.1, 0.15) is 33.1 Å². The zero-order valence-electron chi connectivity index (χ0n) is 8.84. The lowest BCUT2D eigenvalue weighted by Crippen LogP contribution is -2.14. The van der Waals surface area contributed by atoms with Crippen LogP contribution >= 0.6 is 0 Å². The van der Waals surface area contributed by atoms with Crippen molar-refractivity contribution >= 4 is 0 Å². The monoisotopic (exact) mass is 184 g/mol. The van der Waals surface area contributed by atoms with E-state index < -0.39 is 0 Å². The molecule has 2 heteroatoms. The van der Waals surface area contributed by atoms with Gasteiger partial charge in [-0.05, 0) is 25.7 Å². The van der Waals surface area contributed by atoms with Crippen LogP contribution in [0.25, 0.3) is 0 Å². The molecule has 2 nitrogen and oxygen atoms in total. The lowest BCUT2D eigenvalue weighted by molar-refractivity contribution is 0.0974. The summed E-state index contributed by atoms with van der Waals surface area (Å²) in [5, 5.41) is 9.55. The van der Waals surface area contributed by atoms with Gasteiger partial charge in [0.1, 0.15) is 0 Å². The van der Waals surface area contributed by atoms with Crippen molar-refractivity contribution in [3.05, 3.63) is 0 Å². The Morgan fingerprint density at radius 3 is 2.69 bits per heavy atom. The first-order valence-electron chi connectivity index (χ1n) is 4.77. The topological polar surface area (TPSA) is 29.5 Å². The first-order chi connectivity index (χ1) is 6.20. The van der Waals surface area contributed by atoms with Crippen molar-refractivity contribution in [3.8, 4) is 11.8 Å². The molecule has 0 bridgehead atoms. The lowest BCUT2D eigenvalue weighted by atomic mass is 10.0. The predicted octanol–water partition coefficient (Wildman–Crippen LogP) is 1.82. The third-order valence-electron chi connectivity index (χ3n) is 1.90. The van der Waals surface area contributed by atoms with E-state index in [4.69, 9.17) is 4.74 Å². The zero-order chi connectivity index (χ0) is 10.1. The fraction of sp³-hybridized carbons (Fsp3) is 0.818. The molecule has 0 aromatic carbocycles. The Morgan fingerprint density at radius 1 is 1.46 bits per heavy atom. The predicted molar refractivity (Wildman–Crippen MR) is 54.3 cm³/mol. The number of methoxy groups -OCH3 is 1. The highest BCUT2D eigenvalue weighted by molar-refractivity contribution is 4.95. The largest absolute Gasteiger partial charge is 0.393 e. The normalized spacial score (nSPS) is 14.5. The van der Waals surface area contributed by atoms with Gasteiger partial charge in [0.2, 0.25) is 0 Å². The van der Waals surface area contributed by atoms with Crippen LogP contribution in [-0.4, -0.2) is 24.9 Å². The minimum Gasteiger partial charge on any atom is -0.393 e. The van der Waals surface area contributed by atoms with E-state index >= 15 is 0 Å². The minimum absolute atomic E-state index is 0.231. The second-order valence-corrected chi connectivity index (χ2v) is 3.42. The molecule has 0 fully saturated rings. The highest BCUT2D eigenvalue weighted by Crippen LogP contribution is 2.10. The molecule has 1 N–H and O–H groups in total. The molecule has 0 aromatic heterocycles. The number of aliphatic hydroxyl groups excluding tert-OH is 1. The third kappa shape index (κ3) is 7.83. The standard InChI is InChI=1S/C11H20O2/c1-4-5-6-7-11(12)8-10(2)9-13-3/h10-12H,6-9H2,1-3H3. The van der Waals surface area contributed by atoms with Gasteiger partial charge in [0, 0.05) is 20.1 Å². The van der Waals surface area contributed by atoms with E-state index in [1.165, 1.54) is 0 Å². The van der Waals surface area contributed by atoms with Gasteiger partial charge in [0.15, 0.2) is 0 Å². The van der Waals surface area contributed by atoms with Crippen LogP contribution in [0.4, 0.5) is 0 Å². The molecule has 2 unspecified atom stereocenters. The maximum absolute atomic E-state index is 9.55. The summed E-state index contributed by atoms with van der Waals surface area (Å²) >= 11 is 0. The van der Waals surface area contributed by atoms with Crippen molar-refractivity contribution in [3.63, 3.8) is 0 Å². The van der Waals surface area contributed by atoms with E-state index in [1.54, 1.807) is 7.11 Å². The molecule has 0 spiro atoms. The van der Waals surface area contributed by atoms with Crippen molar-refractivity contribution in [2.75, 3.05) is 13.7 Å². The van der Waals surface area contributed by atoms with Crippen LogP contribution in [0, 0.1) is 17.8 Å². The first kappa shape index (κ1) is 12.5. The van der Waals surface area contributed by atoms with E-state index in [2.05, 4.69) is 18.8 Å². The van der Waals surface area contributed by atoms with E-state index in [0.717, 1.165) is 25.9 Å².